The molecule has 0 bridgehead atoms. The number of methoxy groups -OCH3 is 1. The van der Waals surface area contributed by atoms with E-state index in [1.807, 2.05) is 0 Å². The van der Waals surface area contributed by atoms with Crippen LogP contribution in [0.3, 0.4) is 0 Å². The molecule has 1 aromatic carbocycles. The number of ether oxygens (including phenoxy) is 1. The van der Waals surface area contributed by atoms with Gasteiger partial charge < -0.3 is 9.84 Å². The minimum Gasteiger partial charge on any atom is -0.491 e. The highest BCUT2D eigenvalue weighted by Crippen LogP contribution is 2.26. The third kappa shape index (κ3) is 3.67. The minimum atomic E-state index is -4.28. The maximum atomic E-state index is 13.7. The monoisotopic (exact) mass is 347 g/mol. The molecule has 9 heteroatoms. The summed E-state index contributed by atoms with van der Waals surface area (Å²) in [6, 6.07) is 0.355. The number of nitrogens with one attached hydrogen (secondary N) is 1. The molecule has 0 amide bonds. The Morgan fingerprint density at radius 1 is 1.26 bits per heavy atom. The predicted octanol–water partition coefficient (Wildman–Crippen LogP) is 1.67. The van der Waals surface area contributed by atoms with Gasteiger partial charge in [0.05, 0.1) is 17.9 Å². The molecule has 0 radical (unpaired) electrons. The standard InChI is InChI=1S/C14H15F2NO5S/c1-22-13-10(15)6-8(7-11(13)16)23(20,21)17-12-5-3-2-4-9(12)14(18)19/h2-3,6-7,9,12,17H,4-5H2,1H3,(H,18,19)/t9-,12+/m0/s1. The van der Waals surface area contributed by atoms with Gasteiger partial charge in [-0.1, -0.05) is 12.2 Å². The number of sulfonamides is 1. The maximum absolute atomic E-state index is 13.7. The number of aliphatic carboxylic acids is 1. The van der Waals surface area contributed by atoms with Crippen molar-refractivity contribution < 1.29 is 31.8 Å². The molecule has 126 valence electrons. The molecule has 0 unspecified atom stereocenters. The second kappa shape index (κ2) is 6.63. The van der Waals surface area contributed by atoms with E-state index in [2.05, 4.69) is 9.46 Å². The molecule has 0 fully saturated rings. The van der Waals surface area contributed by atoms with Gasteiger partial charge in [0.1, 0.15) is 0 Å². The highest BCUT2D eigenvalue weighted by atomic mass is 32.2. The second-order valence-corrected chi connectivity index (χ2v) is 6.75. The smallest absolute Gasteiger partial charge is 0.308 e. The zero-order valence-corrected chi connectivity index (χ0v) is 12.9. The topological polar surface area (TPSA) is 92.7 Å². The van der Waals surface area contributed by atoms with E-state index in [1.165, 1.54) is 0 Å². The SMILES string of the molecule is COc1c(F)cc(S(=O)(=O)N[C@@H]2CC=CC[C@@H]2C(=O)O)cc1F. The quantitative estimate of drug-likeness (QED) is 0.791. The van der Waals surface area contributed by atoms with Crippen molar-refractivity contribution in [2.45, 2.75) is 23.8 Å². The van der Waals surface area contributed by atoms with Crippen molar-refractivity contribution in [3.63, 3.8) is 0 Å². The first-order valence-electron chi connectivity index (χ1n) is 6.69. The summed E-state index contributed by atoms with van der Waals surface area (Å²) in [5.74, 6) is -5.10. The third-order valence-corrected chi connectivity index (χ3v) is 5.01. The number of rotatable bonds is 5. The molecule has 0 aromatic heterocycles. The number of carboxylic acids is 1. The number of allylic oxidation sites excluding steroid dienone is 1. The van der Waals surface area contributed by atoms with Gasteiger partial charge in [-0.15, -0.1) is 0 Å². The van der Waals surface area contributed by atoms with Gasteiger partial charge in [-0.3, -0.25) is 4.79 Å². The largest absolute Gasteiger partial charge is 0.491 e. The first-order valence-corrected chi connectivity index (χ1v) is 8.17. The maximum Gasteiger partial charge on any atom is 0.308 e. The van der Waals surface area contributed by atoms with E-state index in [0.717, 1.165) is 7.11 Å². The van der Waals surface area contributed by atoms with Gasteiger partial charge in [0.25, 0.3) is 0 Å². The molecule has 2 rings (SSSR count). The molecule has 0 heterocycles. The van der Waals surface area contributed by atoms with Crippen molar-refractivity contribution in [2.75, 3.05) is 7.11 Å². The van der Waals surface area contributed by atoms with Crippen LogP contribution in [-0.2, 0) is 14.8 Å². The molecule has 0 saturated carbocycles. The van der Waals surface area contributed by atoms with Crippen molar-refractivity contribution in [1.82, 2.24) is 4.72 Å². The fourth-order valence-corrected chi connectivity index (χ4v) is 3.68. The number of benzene rings is 1. The Kier molecular flexibility index (Phi) is 5.00. The van der Waals surface area contributed by atoms with Gasteiger partial charge in [-0.25, -0.2) is 21.9 Å². The average Bonchev–Trinajstić information content (AvgIpc) is 2.46. The van der Waals surface area contributed by atoms with E-state index in [9.17, 15) is 22.0 Å². The Balaban J connectivity index is 2.32. The second-order valence-electron chi connectivity index (χ2n) is 5.04. The van der Waals surface area contributed by atoms with Crippen LogP contribution in [0.1, 0.15) is 12.8 Å². The molecule has 6 nitrogen and oxygen atoms in total. The molecule has 0 aliphatic heterocycles. The lowest BCUT2D eigenvalue weighted by Crippen LogP contribution is -2.44. The van der Waals surface area contributed by atoms with E-state index in [-0.39, 0.29) is 12.8 Å². The van der Waals surface area contributed by atoms with Gasteiger partial charge in [0, 0.05) is 6.04 Å². The van der Waals surface area contributed by atoms with Crippen LogP contribution in [0.25, 0.3) is 0 Å². The Morgan fingerprint density at radius 3 is 2.35 bits per heavy atom. The summed E-state index contributed by atoms with van der Waals surface area (Å²) < 4.78 is 58.6. The lowest BCUT2D eigenvalue weighted by Gasteiger charge is -2.26. The van der Waals surface area contributed by atoms with Crippen LogP contribution in [0.4, 0.5) is 8.78 Å². The highest BCUT2D eigenvalue weighted by Gasteiger charge is 2.33. The summed E-state index contributed by atoms with van der Waals surface area (Å²) in [5.41, 5.74) is 0. The van der Waals surface area contributed by atoms with Crippen LogP contribution in [0, 0.1) is 17.6 Å². The summed E-state index contributed by atoms with van der Waals surface area (Å²) >= 11 is 0. The van der Waals surface area contributed by atoms with E-state index in [0.29, 0.717) is 12.1 Å². The van der Waals surface area contributed by atoms with E-state index in [1.54, 1.807) is 12.2 Å². The van der Waals surface area contributed by atoms with Crippen molar-refractivity contribution in [2.24, 2.45) is 5.92 Å². The molecule has 0 saturated heterocycles. The van der Waals surface area contributed by atoms with Crippen molar-refractivity contribution in [3.8, 4) is 5.75 Å². The molecule has 2 atom stereocenters. The third-order valence-electron chi connectivity index (χ3n) is 3.54. The molecular weight excluding hydrogens is 332 g/mol. The minimum absolute atomic E-state index is 0.174. The van der Waals surface area contributed by atoms with Gasteiger partial charge in [-0.05, 0) is 25.0 Å². The fraction of sp³-hybridized carbons (Fsp3) is 0.357. The van der Waals surface area contributed by atoms with Crippen molar-refractivity contribution in [3.05, 3.63) is 35.9 Å². The number of halogens is 2. The van der Waals surface area contributed by atoms with E-state index < -0.39 is 50.2 Å². The van der Waals surface area contributed by atoms with Crippen LogP contribution < -0.4 is 9.46 Å². The van der Waals surface area contributed by atoms with Crippen LogP contribution >= 0.6 is 0 Å². The zero-order valence-electron chi connectivity index (χ0n) is 12.1. The average molecular weight is 347 g/mol. The van der Waals surface area contributed by atoms with Crippen molar-refractivity contribution in [1.29, 1.82) is 0 Å². The molecule has 1 aromatic rings. The Labute approximate surface area is 131 Å². The lowest BCUT2D eigenvalue weighted by atomic mass is 9.90. The molecule has 0 spiro atoms. The summed E-state index contributed by atoms with van der Waals surface area (Å²) in [6.07, 6.45) is 3.66. The summed E-state index contributed by atoms with van der Waals surface area (Å²) in [6.45, 7) is 0. The predicted molar refractivity (Wildman–Crippen MR) is 76.5 cm³/mol. The van der Waals surface area contributed by atoms with Crippen molar-refractivity contribution >= 4 is 16.0 Å². The fourth-order valence-electron chi connectivity index (χ4n) is 2.37. The van der Waals surface area contributed by atoms with E-state index >= 15 is 0 Å². The van der Waals surface area contributed by atoms with Crippen LogP contribution in [0.15, 0.2) is 29.2 Å². The van der Waals surface area contributed by atoms with Gasteiger partial charge in [0.2, 0.25) is 10.0 Å². The number of hydrogen-bond acceptors (Lipinski definition) is 4. The van der Waals surface area contributed by atoms with E-state index in [4.69, 9.17) is 5.11 Å². The van der Waals surface area contributed by atoms with Crippen LogP contribution in [0.5, 0.6) is 5.75 Å². The van der Waals surface area contributed by atoms with Gasteiger partial charge in [-0.2, -0.15) is 0 Å². The first kappa shape index (κ1) is 17.4. The lowest BCUT2D eigenvalue weighted by molar-refractivity contribution is -0.142. The number of carbonyl (C=O) groups is 1. The Morgan fingerprint density at radius 2 is 1.83 bits per heavy atom. The van der Waals surface area contributed by atoms with Crippen LogP contribution in [0.2, 0.25) is 0 Å². The van der Waals surface area contributed by atoms with Gasteiger partial charge in [0.15, 0.2) is 17.4 Å². The number of carboxylic acid groups (broad SMARTS) is 1. The Hall–Kier alpha value is -2.00. The normalized spacial score (nSPS) is 21.2. The summed E-state index contributed by atoms with van der Waals surface area (Å²) in [4.78, 5) is 10.5. The first-order chi connectivity index (χ1) is 10.8. The van der Waals surface area contributed by atoms with Crippen LogP contribution in [-0.4, -0.2) is 32.6 Å². The Bertz CT molecular complexity index is 725. The molecule has 1 aliphatic carbocycles. The highest BCUT2D eigenvalue weighted by molar-refractivity contribution is 7.89. The zero-order chi connectivity index (χ0) is 17.2. The number of hydrogen-bond donors (Lipinski definition) is 2. The summed E-state index contributed by atoms with van der Waals surface area (Å²) in [7, 11) is -3.22. The molecule has 23 heavy (non-hydrogen) atoms. The summed E-state index contributed by atoms with van der Waals surface area (Å²) in [5, 5.41) is 9.13. The molecule has 1 aliphatic rings. The molecule has 2 N–H and O–H groups in total. The van der Waals surface area contributed by atoms with Gasteiger partial charge >= 0.3 is 5.97 Å². The molecular formula is C14H15F2NO5S.